The van der Waals surface area contributed by atoms with Crippen LogP contribution in [0.15, 0.2) is 54.6 Å². The van der Waals surface area contributed by atoms with Gasteiger partial charge in [-0.05, 0) is 68.6 Å². The van der Waals surface area contributed by atoms with Crippen LogP contribution < -0.4 is 21.1 Å². The van der Waals surface area contributed by atoms with Crippen molar-refractivity contribution in [2.24, 2.45) is 17.6 Å². The Balaban J connectivity index is 2.41. The van der Waals surface area contributed by atoms with Crippen molar-refractivity contribution in [3.63, 3.8) is 0 Å². The Kier molecular flexibility index (Phi) is 12.1. The highest BCUT2D eigenvalue weighted by Crippen LogP contribution is 2.20. The molecule has 2 rings (SSSR count). The van der Waals surface area contributed by atoms with E-state index in [0.717, 1.165) is 11.8 Å². The minimum atomic E-state index is -1.13. The molecule has 0 fully saturated rings. The van der Waals surface area contributed by atoms with Gasteiger partial charge in [-0.15, -0.1) is 0 Å². The summed E-state index contributed by atoms with van der Waals surface area (Å²) < 4.78 is 6.22. The van der Waals surface area contributed by atoms with Crippen LogP contribution in [0.5, 0.6) is 5.75 Å². The maximum atomic E-state index is 13.7. The second-order valence-electron chi connectivity index (χ2n) is 10.8. The van der Waals surface area contributed by atoms with Gasteiger partial charge in [0.1, 0.15) is 30.2 Å². The van der Waals surface area contributed by atoms with Crippen LogP contribution in [-0.2, 0) is 20.8 Å². The van der Waals surface area contributed by atoms with Crippen LogP contribution in [0.4, 0.5) is 0 Å². The van der Waals surface area contributed by atoms with Crippen LogP contribution in [0, 0.1) is 11.8 Å². The number of hydrogen-bond donors (Lipinski definition) is 3. The molecule has 9 nitrogen and oxygen atoms in total. The number of ether oxygens (including phenoxy) is 1. The van der Waals surface area contributed by atoms with Gasteiger partial charge in [0.15, 0.2) is 0 Å². The SMILES string of the molecule is CC(C)C[C@H](NC(=O)[C@@H](NC(=O)[C@H](Cc1ccccc1)N(C)C)[C@@H](Oc1ccc(C=O)cc1)C(C)C)C(N)=O. The highest BCUT2D eigenvalue weighted by atomic mass is 16.5. The molecule has 9 heteroatoms. The molecular formula is C30H42N4O5. The quantitative estimate of drug-likeness (QED) is 0.299. The van der Waals surface area contributed by atoms with Gasteiger partial charge in [-0.1, -0.05) is 58.0 Å². The molecule has 0 aliphatic rings. The minimum Gasteiger partial charge on any atom is -0.487 e. The minimum absolute atomic E-state index is 0.105. The van der Waals surface area contributed by atoms with Crippen molar-refractivity contribution in [2.75, 3.05) is 14.1 Å². The molecule has 4 atom stereocenters. The van der Waals surface area contributed by atoms with E-state index in [1.54, 1.807) is 43.3 Å². The summed E-state index contributed by atoms with van der Waals surface area (Å²) in [5.74, 6) is -1.23. The third-order valence-corrected chi connectivity index (χ3v) is 6.42. The van der Waals surface area contributed by atoms with E-state index in [1.807, 2.05) is 58.0 Å². The fraction of sp³-hybridized carbons (Fsp3) is 0.467. The third-order valence-electron chi connectivity index (χ3n) is 6.42. The van der Waals surface area contributed by atoms with Crippen LogP contribution in [-0.4, -0.2) is 67.2 Å². The largest absolute Gasteiger partial charge is 0.487 e. The smallest absolute Gasteiger partial charge is 0.247 e. The van der Waals surface area contributed by atoms with Crippen LogP contribution in [0.1, 0.15) is 50.0 Å². The van der Waals surface area contributed by atoms with Gasteiger partial charge in [0.05, 0.1) is 6.04 Å². The predicted octanol–water partition coefficient (Wildman–Crippen LogP) is 2.58. The third kappa shape index (κ3) is 9.83. The fourth-order valence-electron chi connectivity index (χ4n) is 4.24. The number of nitrogens with two attached hydrogens (primary N) is 1. The van der Waals surface area contributed by atoms with E-state index < -0.39 is 36.0 Å². The van der Waals surface area contributed by atoms with Gasteiger partial charge in [-0.3, -0.25) is 24.1 Å². The average Bonchev–Trinajstić information content (AvgIpc) is 2.88. The van der Waals surface area contributed by atoms with Crippen molar-refractivity contribution in [1.82, 2.24) is 15.5 Å². The summed E-state index contributed by atoms with van der Waals surface area (Å²) in [4.78, 5) is 52.3. The van der Waals surface area contributed by atoms with Gasteiger partial charge < -0.3 is 21.1 Å². The molecule has 0 aromatic heterocycles. The first-order valence-electron chi connectivity index (χ1n) is 13.2. The molecule has 2 aromatic carbocycles. The van der Waals surface area contributed by atoms with Gasteiger partial charge in [0.2, 0.25) is 17.7 Å². The maximum absolute atomic E-state index is 13.7. The lowest BCUT2D eigenvalue weighted by Gasteiger charge is -2.33. The molecule has 3 amide bonds. The average molecular weight is 539 g/mol. The highest BCUT2D eigenvalue weighted by molar-refractivity contribution is 5.93. The molecule has 0 aliphatic heterocycles. The van der Waals surface area contributed by atoms with Gasteiger partial charge in [0, 0.05) is 5.56 Å². The van der Waals surface area contributed by atoms with Crippen LogP contribution in [0.3, 0.4) is 0 Å². The zero-order valence-corrected chi connectivity index (χ0v) is 23.7. The zero-order valence-electron chi connectivity index (χ0n) is 23.7. The van der Waals surface area contributed by atoms with Crippen molar-refractivity contribution in [3.8, 4) is 5.75 Å². The Morgan fingerprint density at radius 3 is 2.03 bits per heavy atom. The Labute approximate surface area is 231 Å². The van der Waals surface area contributed by atoms with Crippen LogP contribution in [0.2, 0.25) is 0 Å². The predicted molar refractivity (Wildman–Crippen MR) is 151 cm³/mol. The van der Waals surface area contributed by atoms with E-state index in [9.17, 15) is 19.2 Å². The van der Waals surface area contributed by atoms with Gasteiger partial charge in [-0.25, -0.2) is 0 Å². The number of nitrogens with zero attached hydrogens (tertiary/aromatic N) is 1. The van der Waals surface area contributed by atoms with Crippen molar-refractivity contribution in [2.45, 2.75) is 64.8 Å². The van der Waals surface area contributed by atoms with E-state index in [1.165, 1.54) is 0 Å². The van der Waals surface area contributed by atoms with E-state index >= 15 is 0 Å². The van der Waals surface area contributed by atoms with Crippen molar-refractivity contribution in [3.05, 3.63) is 65.7 Å². The summed E-state index contributed by atoms with van der Waals surface area (Å²) in [7, 11) is 3.61. The van der Waals surface area contributed by atoms with Crippen molar-refractivity contribution >= 4 is 24.0 Å². The number of nitrogens with one attached hydrogen (secondary N) is 2. The summed E-state index contributed by atoms with van der Waals surface area (Å²) in [5, 5.41) is 5.66. The van der Waals surface area contributed by atoms with E-state index in [4.69, 9.17) is 10.5 Å². The van der Waals surface area contributed by atoms with Crippen LogP contribution >= 0.6 is 0 Å². The Morgan fingerprint density at radius 1 is 0.923 bits per heavy atom. The van der Waals surface area contributed by atoms with E-state index in [-0.39, 0.29) is 17.7 Å². The molecular weight excluding hydrogens is 496 g/mol. The number of hydrogen-bond acceptors (Lipinski definition) is 6. The van der Waals surface area contributed by atoms with Gasteiger partial charge in [-0.2, -0.15) is 0 Å². The molecule has 39 heavy (non-hydrogen) atoms. The highest BCUT2D eigenvalue weighted by Gasteiger charge is 2.37. The molecule has 0 heterocycles. The molecule has 2 aromatic rings. The lowest BCUT2D eigenvalue weighted by molar-refractivity contribution is -0.136. The summed E-state index contributed by atoms with van der Waals surface area (Å²) in [6, 6.07) is 13.5. The van der Waals surface area contributed by atoms with Crippen LogP contribution in [0.25, 0.3) is 0 Å². The summed E-state index contributed by atoms with van der Waals surface area (Å²) >= 11 is 0. The molecule has 0 saturated heterocycles. The molecule has 0 bridgehead atoms. The monoisotopic (exact) mass is 538 g/mol. The summed E-state index contributed by atoms with van der Waals surface area (Å²) in [6.45, 7) is 7.61. The first-order valence-corrected chi connectivity index (χ1v) is 13.2. The Morgan fingerprint density at radius 2 is 1.54 bits per heavy atom. The first-order chi connectivity index (χ1) is 18.4. The second-order valence-corrected chi connectivity index (χ2v) is 10.8. The number of aldehydes is 1. The number of benzene rings is 2. The van der Waals surface area contributed by atoms with Gasteiger partial charge in [0.25, 0.3) is 0 Å². The summed E-state index contributed by atoms with van der Waals surface area (Å²) in [5.41, 5.74) is 7.05. The lowest BCUT2D eigenvalue weighted by atomic mass is 9.96. The first kappa shape index (κ1) is 31.5. The molecule has 212 valence electrons. The maximum Gasteiger partial charge on any atom is 0.247 e. The number of carbonyl (C=O) groups is 4. The van der Waals surface area contributed by atoms with E-state index in [0.29, 0.717) is 24.2 Å². The number of amides is 3. The topological polar surface area (TPSA) is 131 Å². The molecule has 0 radical (unpaired) electrons. The van der Waals surface area contributed by atoms with E-state index in [2.05, 4.69) is 10.6 Å². The Bertz CT molecular complexity index is 1090. The molecule has 0 saturated carbocycles. The number of likely N-dealkylation sites (N-methyl/N-ethyl adjacent to an activating group) is 1. The number of rotatable bonds is 15. The van der Waals surface area contributed by atoms with Crippen molar-refractivity contribution in [1.29, 1.82) is 0 Å². The standard InChI is InChI=1S/C30H42N4O5/c1-19(2)16-24(28(31)36)32-30(38)26(27(20(3)4)39-23-14-12-22(18-35)13-15-23)33-29(37)25(34(5)6)17-21-10-8-7-9-11-21/h7-15,18-20,24-27H,16-17H2,1-6H3,(H2,31,36)(H,32,38)(H,33,37)/t24-,25-,26-,27-/m0/s1. The number of carbonyl (C=O) groups excluding carboxylic acids is 4. The molecule has 0 spiro atoms. The molecule has 4 N–H and O–H groups in total. The van der Waals surface area contributed by atoms with Gasteiger partial charge >= 0.3 is 0 Å². The molecule has 0 unspecified atom stereocenters. The zero-order chi connectivity index (χ0) is 29.1. The Hall–Kier alpha value is -3.72. The molecule has 0 aliphatic carbocycles. The lowest BCUT2D eigenvalue weighted by Crippen LogP contribution is -2.61. The van der Waals surface area contributed by atoms with Crippen molar-refractivity contribution < 1.29 is 23.9 Å². The summed E-state index contributed by atoms with van der Waals surface area (Å²) in [6.07, 6.45) is 0.734. The second kappa shape index (κ2) is 15.0. The number of primary amides is 1. The fourth-order valence-corrected chi connectivity index (χ4v) is 4.24. The normalized spacial score (nSPS) is 14.4.